The molecule has 0 aliphatic carbocycles. The van der Waals surface area contributed by atoms with Crippen molar-refractivity contribution in [3.63, 3.8) is 0 Å². The lowest BCUT2D eigenvalue weighted by Crippen LogP contribution is -2.33. The van der Waals surface area contributed by atoms with Crippen molar-refractivity contribution >= 4 is 5.65 Å². The van der Waals surface area contributed by atoms with Crippen LogP contribution in [0.3, 0.4) is 0 Å². The summed E-state index contributed by atoms with van der Waals surface area (Å²) in [5.41, 5.74) is 0.921. The molecule has 0 spiro atoms. The minimum Gasteiger partial charge on any atom is -0.339 e. The van der Waals surface area contributed by atoms with Crippen molar-refractivity contribution in [1.82, 2.24) is 29.6 Å². The molecular weight excluding hydrogens is 316 g/mol. The van der Waals surface area contributed by atoms with Gasteiger partial charge in [-0.05, 0) is 44.0 Å². The average molecular weight is 340 g/mol. The molecule has 0 unspecified atom stereocenters. The quantitative estimate of drug-likeness (QED) is 0.711. The van der Waals surface area contributed by atoms with Crippen LogP contribution in [0.25, 0.3) is 5.65 Å². The topological polar surface area (TPSA) is 72.4 Å². The van der Waals surface area contributed by atoms with E-state index in [1.165, 1.54) is 0 Å². The summed E-state index contributed by atoms with van der Waals surface area (Å²) in [6.07, 6.45) is 5.04. The highest BCUT2D eigenvalue weighted by atomic mass is 16.5. The molecule has 3 aromatic heterocycles. The molecule has 4 heterocycles. The number of hydrogen-bond donors (Lipinski definition) is 0. The number of hydrogen-bond acceptors (Lipinski definition) is 6. The Balaban J connectivity index is 1.36. The molecule has 0 aromatic carbocycles. The van der Waals surface area contributed by atoms with Gasteiger partial charge in [0.15, 0.2) is 11.5 Å². The lowest BCUT2D eigenvalue weighted by molar-refractivity contribution is 0.194. The molecule has 1 aliphatic heterocycles. The highest BCUT2D eigenvalue weighted by Crippen LogP contribution is 2.27. The van der Waals surface area contributed by atoms with Gasteiger partial charge < -0.3 is 4.52 Å². The van der Waals surface area contributed by atoms with Crippen LogP contribution in [0.1, 0.15) is 50.1 Å². The van der Waals surface area contributed by atoms with Crippen molar-refractivity contribution in [2.75, 3.05) is 13.1 Å². The van der Waals surface area contributed by atoms with Gasteiger partial charge in [-0.25, -0.2) is 0 Å². The first-order valence-electron chi connectivity index (χ1n) is 9.02. The van der Waals surface area contributed by atoms with Crippen molar-refractivity contribution in [2.45, 2.75) is 45.6 Å². The van der Waals surface area contributed by atoms with Gasteiger partial charge in [-0.2, -0.15) is 4.98 Å². The van der Waals surface area contributed by atoms with E-state index >= 15 is 0 Å². The monoisotopic (exact) mass is 340 g/mol. The van der Waals surface area contributed by atoms with E-state index in [-0.39, 0.29) is 0 Å². The molecule has 0 saturated carbocycles. The Bertz CT molecular complexity index is 831. The van der Waals surface area contributed by atoms with Crippen LogP contribution in [-0.2, 0) is 13.0 Å². The zero-order valence-corrected chi connectivity index (χ0v) is 14.8. The van der Waals surface area contributed by atoms with Gasteiger partial charge in [-0.3, -0.25) is 9.30 Å². The summed E-state index contributed by atoms with van der Waals surface area (Å²) >= 11 is 0. The van der Waals surface area contributed by atoms with Gasteiger partial charge in [0.2, 0.25) is 5.89 Å². The van der Waals surface area contributed by atoms with E-state index < -0.39 is 0 Å². The maximum atomic E-state index is 5.34. The fourth-order valence-corrected chi connectivity index (χ4v) is 3.47. The first kappa shape index (κ1) is 16.2. The van der Waals surface area contributed by atoms with Gasteiger partial charge in [-0.1, -0.05) is 25.1 Å². The highest BCUT2D eigenvalue weighted by Gasteiger charge is 2.25. The molecule has 0 amide bonds. The summed E-state index contributed by atoms with van der Waals surface area (Å²) < 4.78 is 7.44. The van der Waals surface area contributed by atoms with Crippen LogP contribution in [0.4, 0.5) is 0 Å². The predicted octanol–water partition coefficient (Wildman–Crippen LogP) is 2.69. The molecule has 0 N–H and O–H groups in total. The number of aromatic nitrogens is 5. The van der Waals surface area contributed by atoms with E-state index in [0.29, 0.717) is 11.8 Å². The predicted molar refractivity (Wildman–Crippen MR) is 93.1 cm³/mol. The van der Waals surface area contributed by atoms with Crippen molar-refractivity contribution in [2.24, 2.45) is 5.92 Å². The number of piperidine rings is 1. The van der Waals surface area contributed by atoms with Crippen molar-refractivity contribution in [3.8, 4) is 0 Å². The molecule has 25 heavy (non-hydrogen) atoms. The molecule has 1 aliphatic rings. The normalized spacial score (nSPS) is 16.9. The Hall–Kier alpha value is -2.28. The summed E-state index contributed by atoms with van der Waals surface area (Å²) in [6, 6.07) is 6.02. The molecule has 7 nitrogen and oxygen atoms in total. The molecule has 1 fully saturated rings. The zero-order chi connectivity index (χ0) is 17.2. The van der Waals surface area contributed by atoms with Crippen LogP contribution < -0.4 is 0 Å². The van der Waals surface area contributed by atoms with E-state index in [2.05, 4.69) is 43.5 Å². The van der Waals surface area contributed by atoms with Gasteiger partial charge in [0.05, 0.1) is 6.54 Å². The molecular formula is C18H24N6O. The Labute approximate surface area is 147 Å². The van der Waals surface area contributed by atoms with Crippen molar-refractivity contribution in [1.29, 1.82) is 0 Å². The lowest BCUT2D eigenvalue weighted by Gasteiger charge is -2.30. The Morgan fingerprint density at radius 3 is 2.84 bits per heavy atom. The smallest absolute Gasteiger partial charge is 0.226 e. The Morgan fingerprint density at radius 2 is 2.04 bits per heavy atom. The average Bonchev–Trinajstić information content (AvgIpc) is 3.22. The van der Waals surface area contributed by atoms with Crippen LogP contribution >= 0.6 is 0 Å². The van der Waals surface area contributed by atoms with Crippen LogP contribution in [0.2, 0.25) is 0 Å². The second kappa shape index (κ2) is 6.92. The molecule has 4 rings (SSSR count). The molecule has 3 aromatic rings. The van der Waals surface area contributed by atoms with Crippen LogP contribution in [0.5, 0.6) is 0 Å². The first-order valence-corrected chi connectivity index (χ1v) is 9.02. The van der Waals surface area contributed by atoms with E-state index in [4.69, 9.17) is 4.52 Å². The van der Waals surface area contributed by atoms with Crippen LogP contribution in [0, 0.1) is 5.92 Å². The van der Waals surface area contributed by atoms with E-state index in [0.717, 1.165) is 62.1 Å². The third-order valence-electron chi connectivity index (χ3n) is 4.75. The van der Waals surface area contributed by atoms with E-state index in [9.17, 15) is 0 Å². The standard InChI is InChI=1S/C18H24N6O/c1-13(2)11-17-19-15(22-25-17)12-23-9-6-14(7-10-23)18-21-20-16-5-3-4-8-24(16)18/h3-5,8,13-14H,6-7,9-12H2,1-2H3. The molecule has 0 radical (unpaired) electrons. The molecule has 132 valence electrons. The van der Waals surface area contributed by atoms with Gasteiger partial charge in [0, 0.05) is 18.5 Å². The van der Waals surface area contributed by atoms with Gasteiger partial charge in [0.1, 0.15) is 5.82 Å². The minimum atomic E-state index is 0.454. The highest BCUT2D eigenvalue weighted by molar-refractivity contribution is 5.37. The third kappa shape index (κ3) is 3.56. The molecule has 0 bridgehead atoms. The van der Waals surface area contributed by atoms with Gasteiger partial charge >= 0.3 is 0 Å². The maximum Gasteiger partial charge on any atom is 0.226 e. The lowest BCUT2D eigenvalue weighted by atomic mass is 9.96. The number of pyridine rings is 1. The molecule has 7 heteroatoms. The Kier molecular flexibility index (Phi) is 4.48. The number of rotatable bonds is 5. The minimum absolute atomic E-state index is 0.454. The fourth-order valence-electron chi connectivity index (χ4n) is 3.47. The summed E-state index contributed by atoms with van der Waals surface area (Å²) in [5.74, 6) is 3.60. The number of fused-ring (bicyclic) bond motifs is 1. The van der Waals surface area contributed by atoms with Crippen LogP contribution in [-0.4, -0.2) is 42.7 Å². The maximum absolute atomic E-state index is 5.34. The fraction of sp³-hybridized carbons (Fsp3) is 0.556. The second-order valence-corrected chi connectivity index (χ2v) is 7.24. The molecule has 0 atom stereocenters. The summed E-state index contributed by atoms with van der Waals surface area (Å²) in [6.45, 7) is 7.10. The van der Waals surface area contributed by atoms with Crippen molar-refractivity contribution in [3.05, 3.63) is 41.9 Å². The number of likely N-dealkylation sites (tertiary alicyclic amines) is 1. The largest absolute Gasteiger partial charge is 0.339 e. The molecule has 1 saturated heterocycles. The second-order valence-electron chi connectivity index (χ2n) is 7.24. The SMILES string of the molecule is CC(C)Cc1nc(CN2CCC(c3nnc4ccccn34)CC2)no1. The number of nitrogens with zero attached hydrogens (tertiary/aromatic N) is 6. The third-order valence-corrected chi connectivity index (χ3v) is 4.75. The zero-order valence-electron chi connectivity index (χ0n) is 14.8. The van der Waals surface area contributed by atoms with Gasteiger partial charge in [-0.15, -0.1) is 10.2 Å². The summed E-state index contributed by atoms with van der Waals surface area (Å²) in [4.78, 5) is 6.90. The van der Waals surface area contributed by atoms with Gasteiger partial charge in [0.25, 0.3) is 0 Å². The van der Waals surface area contributed by atoms with Crippen LogP contribution in [0.15, 0.2) is 28.9 Å². The van der Waals surface area contributed by atoms with E-state index in [1.807, 2.05) is 24.4 Å². The summed E-state index contributed by atoms with van der Waals surface area (Å²) in [5, 5.41) is 12.8. The first-order chi connectivity index (χ1) is 12.2. The van der Waals surface area contributed by atoms with Crippen molar-refractivity contribution < 1.29 is 4.52 Å². The Morgan fingerprint density at radius 1 is 1.20 bits per heavy atom. The van der Waals surface area contributed by atoms with E-state index in [1.54, 1.807) is 0 Å². The summed E-state index contributed by atoms with van der Waals surface area (Å²) in [7, 11) is 0.